The van der Waals surface area contributed by atoms with Crippen LogP contribution in [-0.2, 0) is 15.8 Å². The van der Waals surface area contributed by atoms with Crippen molar-refractivity contribution in [2.24, 2.45) is 0 Å². The van der Waals surface area contributed by atoms with Crippen LogP contribution in [0.2, 0.25) is 0 Å². The van der Waals surface area contributed by atoms with E-state index >= 15 is 0 Å². The third kappa shape index (κ3) is 7.45. The summed E-state index contributed by atoms with van der Waals surface area (Å²) in [5, 5.41) is 14.4. The van der Waals surface area contributed by atoms with Crippen molar-refractivity contribution in [1.29, 1.82) is 5.26 Å². The second-order valence-electron chi connectivity index (χ2n) is 7.10. The van der Waals surface area contributed by atoms with Crippen LogP contribution < -0.4 is 15.4 Å². The third-order valence-electron chi connectivity index (χ3n) is 4.50. The maximum Gasteiger partial charge on any atom is 0.416 e. The second kappa shape index (κ2) is 11.4. The number of anilines is 2. The van der Waals surface area contributed by atoms with Crippen molar-refractivity contribution in [3.8, 4) is 11.8 Å². The SMILES string of the molecule is N#C/C(=C\c1ccc(OCC(=O)Nc2ccccc2)c(Br)c1)C(=O)Nc1cccc(C(F)(F)F)c1. The number of benzene rings is 3. The molecule has 0 saturated carbocycles. The molecule has 0 unspecified atom stereocenters. The predicted octanol–water partition coefficient (Wildman–Crippen LogP) is 6.03. The Morgan fingerprint density at radius 1 is 0.971 bits per heavy atom. The van der Waals surface area contributed by atoms with Gasteiger partial charge < -0.3 is 15.4 Å². The number of alkyl halides is 3. The van der Waals surface area contributed by atoms with Crippen LogP contribution in [0.5, 0.6) is 5.75 Å². The second-order valence-corrected chi connectivity index (χ2v) is 7.95. The Morgan fingerprint density at radius 3 is 2.34 bits per heavy atom. The normalized spacial score (nSPS) is 11.3. The van der Waals surface area contributed by atoms with E-state index in [1.165, 1.54) is 12.1 Å². The van der Waals surface area contributed by atoms with E-state index in [4.69, 9.17) is 4.74 Å². The predicted molar refractivity (Wildman–Crippen MR) is 128 cm³/mol. The third-order valence-corrected chi connectivity index (χ3v) is 5.12. The highest BCUT2D eigenvalue weighted by molar-refractivity contribution is 9.10. The Kier molecular flexibility index (Phi) is 8.28. The van der Waals surface area contributed by atoms with E-state index in [1.54, 1.807) is 48.5 Å². The van der Waals surface area contributed by atoms with Crippen LogP contribution >= 0.6 is 15.9 Å². The van der Waals surface area contributed by atoms with Gasteiger partial charge in [-0.1, -0.05) is 30.3 Å². The number of halogens is 4. The number of ether oxygens (including phenoxy) is 1. The number of amides is 2. The van der Waals surface area contributed by atoms with Crippen LogP contribution in [0.25, 0.3) is 6.08 Å². The van der Waals surface area contributed by atoms with Crippen molar-refractivity contribution in [3.63, 3.8) is 0 Å². The minimum absolute atomic E-state index is 0.0929. The van der Waals surface area contributed by atoms with Crippen LogP contribution in [0.3, 0.4) is 0 Å². The smallest absolute Gasteiger partial charge is 0.416 e. The summed E-state index contributed by atoms with van der Waals surface area (Å²) in [6, 6.07) is 19.4. The molecule has 0 spiro atoms. The van der Waals surface area contributed by atoms with E-state index in [0.29, 0.717) is 21.5 Å². The summed E-state index contributed by atoms with van der Waals surface area (Å²) >= 11 is 3.32. The Bertz CT molecular complexity index is 1300. The first-order chi connectivity index (χ1) is 16.7. The molecule has 0 aliphatic carbocycles. The summed E-state index contributed by atoms with van der Waals surface area (Å²) in [6.45, 7) is -0.245. The summed E-state index contributed by atoms with van der Waals surface area (Å²) in [6.07, 6.45) is -3.29. The molecular weight excluding hydrogens is 527 g/mol. The van der Waals surface area contributed by atoms with Gasteiger partial charge in [-0.15, -0.1) is 0 Å². The lowest BCUT2D eigenvalue weighted by Crippen LogP contribution is -2.20. The molecule has 2 N–H and O–H groups in total. The van der Waals surface area contributed by atoms with E-state index in [1.807, 2.05) is 6.07 Å². The number of nitrogens with one attached hydrogen (secondary N) is 2. The fourth-order valence-electron chi connectivity index (χ4n) is 2.87. The Hall–Kier alpha value is -4.10. The number of carbonyl (C=O) groups is 2. The quantitative estimate of drug-likeness (QED) is 0.281. The highest BCUT2D eigenvalue weighted by atomic mass is 79.9. The van der Waals surface area contributed by atoms with Crippen LogP contribution in [0.4, 0.5) is 24.5 Å². The molecule has 0 atom stereocenters. The lowest BCUT2D eigenvalue weighted by atomic mass is 10.1. The van der Waals surface area contributed by atoms with Crippen molar-refractivity contribution in [1.82, 2.24) is 0 Å². The van der Waals surface area contributed by atoms with Crippen LogP contribution in [0, 0.1) is 11.3 Å². The number of hydrogen-bond donors (Lipinski definition) is 2. The minimum Gasteiger partial charge on any atom is -0.483 e. The van der Waals surface area contributed by atoms with Crippen LogP contribution in [-0.4, -0.2) is 18.4 Å². The summed E-state index contributed by atoms with van der Waals surface area (Å²) in [7, 11) is 0. The fourth-order valence-corrected chi connectivity index (χ4v) is 3.38. The zero-order chi connectivity index (χ0) is 25.4. The first-order valence-electron chi connectivity index (χ1n) is 10.0. The molecule has 0 heterocycles. The molecule has 0 saturated heterocycles. The van der Waals surface area contributed by atoms with Gasteiger partial charge in [-0.05, 0) is 70.0 Å². The van der Waals surface area contributed by atoms with Gasteiger partial charge in [0.05, 0.1) is 10.0 Å². The molecule has 0 aromatic heterocycles. The number of nitrogens with zero attached hydrogens (tertiary/aromatic N) is 1. The average molecular weight is 544 g/mol. The number of para-hydroxylation sites is 1. The summed E-state index contributed by atoms with van der Waals surface area (Å²) in [5.41, 5.74) is -0.244. The summed E-state index contributed by atoms with van der Waals surface area (Å²) in [5.74, 6) is -0.858. The number of rotatable bonds is 7. The van der Waals surface area contributed by atoms with Gasteiger partial charge in [0.25, 0.3) is 11.8 Å². The molecular formula is C25H17BrF3N3O3. The van der Waals surface area contributed by atoms with Crippen molar-refractivity contribution in [2.45, 2.75) is 6.18 Å². The monoisotopic (exact) mass is 543 g/mol. The number of nitriles is 1. The number of hydrogen-bond acceptors (Lipinski definition) is 4. The molecule has 2 amide bonds. The Morgan fingerprint density at radius 2 is 1.69 bits per heavy atom. The molecule has 0 aliphatic rings. The maximum atomic E-state index is 12.9. The number of carbonyl (C=O) groups excluding carboxylic acids is 2. The molecule has 178 valence electrons. The molecule has 10 heteroatoms. The van der Waals surface area contributed by atoms with E-state index in [-0.39, 0.29) is 23.8 Å². The topological polar surface area (TPSA) is 91.2 Å². The van der Waals surface area contributed by atoms with Crippen molar-refractivity contribution < 1.29 is 27.5 Å². The lowest BCUT2D eigenvalue weighted by Gasteiger charge is -2.10. The first kappa shape index (κ1) is 25.5. The van der Waals surface area contributed by atoms with Gasteiger partial charge in [0.1, 0.15) is 17.4 Å². The first-order valence-corrected chi connectivity index (χ1v) is 10.8. The largest absolute Gasteiger partial charge is 0.483 e. The summed E-state index contributed by atoms with van der Waals surface area (Å²) in [4.78, 5) is 24.5. The molecule has 6 nitrogen and oxygen atoms in total. The van der Waals surface area contributed by atoms with Crippen molar-refractivity contribution in [2.75, 3.05) is 17.2 Å². The summed E-state index contributed by atoms with van der Waals surface area (Å²) < 4.78 is 44.6. The van der Waals surface area contributed by atoms with Gasteiger partial charge in [-0.25, -0.2) is 0 Å². The van der Waals surface area contributed by atoms with Crippen LogP contribution in [0.15, 0.2) is 82.8 Å². The molecule has 3 rings (SSSR count). The van der Waals surface area contributed by atoms with E-state index in [0.717, 1.165) is 18.2 Å². The van der Waals surface area contributed by atoms with Gasteiger partial charge in [0, 0.05) is 11.4 Å². The fraction of sp³-hybridized carbons (Fsp3) is 0.0800. The Balaban J connectivity index is 1.65. The van der Waals surface area contributed by atoms with Gasteiger partial charge >= 0.3 is 6.18 Å². The highest BCUT2D eigenvalue weighted by Gasteiger charge is 2.30. The maximum absolute atomic E-state index is 12.9. The molecule has 0 fully saturated rings. The van der Waals surface area contributed by atoms with Gasteiger partial charge in [0.15, 0.2) is 6.61 Å². The molecule has 35 heavy (non-hydrogen) atoms. The average Bonchev–Trinajstić information content (AvgIpc) is 2.82. The molecule has 3 aromatic carbocycles. The zero-order valence-electron chi connectivity index (χ0n) is 17.9. The van der Waals surface area contributed by atoms with Crippen molar-refractivity contribution in [3.05, 3.63) is 94.0 Å². The molecule has 0 aliphatic heterocycles. The highest BCUT2D eigenvalue weighted by Crippen LogP contribution is 2.31. The van der Waals surface area contributed by atoms with Crippen molar-refractivity contribution >= 4 is 45.2 Å². The molecule has 3 aromatic rings. The van der Waals surface area contributed by atoms with E-state index in [2.05, 4.69) is 26.6 Å². The Labute approximate surface area is 207 Å². The van der Waals surface area contributed by atoms with Gasteiger partial charge in [-0.2, -0.15) is 18.4 Å². The zero-order valence-corrected chi connectivity index (χ0v) is 19.5. The van der Waals surface area contributed by atoms with Crippen LogP contribution in [0.1, 0.15) is 11.1 Å². The molecule has 0 radical (unpaired) electrons. The lowest BCUT2D eigenvalue weighted by molar-refractivity contribution is -0.137. The van der Waals surface area contributed by atoms with Gasteiger partial charge in [-0.3, -0.25) is 9.59 Å². The standard InChI is InChI=1S/C25H17BrF3N3O3/c26-21-12-16(9-10-22(21)35-15-23(33)31-19-6-2-1-3-7-19)11-17(14-30)24(34)32-20-8-4-5-18(13-20)25(27,28)29/h1-13H,15H2,(H,31,33)(H,32,34)/b17-11+. The van der Waals surface area contributed by atoms with E-state index < -0.39 is 17.6 Å². The van der Waals surface area contributed by atoms with Gasteiger partial charge in [0.2, 0.25) is 0 Å². The molecule has 0 bridgehead atoms. The minimum atomic E-state index is -4.56. The van der Waals surface area contributed by atoms with E-state index in [9.17, 15) is 28.0 Å².